The molecule has 1 unspecified atom stereocenters. The number of benzene rings is 1. The van der Waals surface area contributed by atoms with Gasteiger partial charge in [0.05, 0.1) is 24.1 Å². The highest BCUT2D eigenvalue weighted by Crippen LogP contribution is 2.26. The van der Waals surface area contributed by atoms with E-state index in [1.54, 1.807) is 12.3 Å². The van der Waals surface area contributed by atoms with Gasteiger partial charge in [-0.1, -0.05) is 18.2 Å². The van der Waals surface area contributed by atoms with Crippen LogP contribution in [0.25, 0.3) is 10.1 Å². The predicted octanol–water partition coefficient (Wildman–Crippen LogP) is 2.51. The summed E-state index contributed by atoms with van der Waals surface area (Å²) >= 11 is 1.49. The average Bonchev–Trinajstić information content (AvgIpc) is 2.81. The second kappa shape index (κ2) is 6.24. The van der Waals surface area contributed by atoms with Crippen molar-refractivity contribution in [1.82, 2.24) is 5.32 Å². The van der Waals surface area contributed by atoms with Gasteiger partial charge in [0.15, 0.2) is 0 Å². The second-order valence-electron chi connectivity index (χ2n) is 5.16. The Bertz CT molecular complexity index is 666. The summed E-state index contributed by atoms with van der Waals surface area (Å²) in [4.78, 5) is 23.4. The lowest BCUT2D eigenvalue weighted by Crippen LogP contribution is -2.50. The lowest BCUT2D eigenvalue weighted by molar-refractivity contribution is -0.139. The van der Waals surface area contributed by atoms with Crippen LogP contribution in [0.15, 0.2) is 29.6 Å². The molecule has 6 heteroatoms. The van der Waals surface area contributed by atoms with Crippen LogP contribution in [0.4, 0.5) is 0 Å². The highest BCUT2D eigenvalue weighted by atomic mass is 32.1. The SMILES string of the molecule is COCC(C)(CC(=O)O)NC(=O)c1csc2ccccc12. The quantitative estimate of drug-likeness (QED) is 0.860. The van der Waals surface area contributed by atoms with E-state index in [9.17, 15) is 9.59 Å². The maximum atomic E-state index is 12.4. The first-order valence-electron chi connectivity index (χ1n) is 6.45. The number of carbonyl (C=O) groups excluding carboxylic acids is 1. The Morgan fingerprint density at radius 2 is 2.10 bits per heavy atom. The van der Waals surface area contributed by atoms with Gasteiger partial charge < -0.3 is 15.2 Å². The molecule has 21 heavy (non-hydrogen) atoms. The number of ether oxygens (including phenoxy) is 1. The summed E-state index contributed by atoms with van der Waals surface area (Å²) in [6.07, 6.45) is -0.200. The number of thiophene rings is 1. The molecule has 0 aliphatic heterocycles. The van der Waals surface area contributed by atoms with Gasteiger partial charge in [-0.15, -0.1) is 11.3 Å². The Labute approximate surface area is 126 Å². The number of carboxylic acid groups (broad SMARTS) is 1. The van der Waals surface area contributed by atoms with Gasteiger partial charge in [0.2, 0.25) is 0 Å². The van der Waals surface area contributed by atoms with Crippen LogP contribution in [0.3, 0.4) is 0 Å². The van der Waals surface area contributed by atoms with Crippen molar-refractivity contribution < 1.29 is 19.4 Å². The van der Waals surface area contributed by atoms with Crippen molar-refractivity contribution in [2.75, 3.05) is 13.7 Å². The monoisotopic (exact) mass is 307 g/mol. The number of amides is 1. The van der Waals surface area contributed by atoms with Gasteiger partial charge in [-0.25, -0.2) is 0 Å². The lowest BCUT2D eigenvalue weighted by Gasteiger charge is -2.28. The van der Waals surface area contributed by atoms with Crippen molar-refractivity contribution in [1.29, 1.82) is 0 Å². The minimum Gasteiger partial charge on any atom is -0.481 e. The molecule has 0 aliphatic rings. The van der Waals surface area contributed by atoms with Crippen molar-refractivity contribution in [3.8, 4) is 0 Å². The number of methoxy groups -OCH3 is 1. The van der Waals surface area contributed by atoms with E-state index in [4.69, 9.17) is 9.84 Å². The first-order valence-corrected chi connectivity index (χ1v) is 7.32. The third-order valence-corrected chi connectivity index (χ3v) is 4.11. The van der Waals surface area contributed by atoms with E-state index >= 15 is 0 Å². The molecule has 1 aromatic carbocycles. The Morgan fingerprint density at radius 3 is 2.76 bits per heavy atom. The number of carbonyl (C=O) groups is 2. The molecule has 1 aromatic heterocycles. The van der Waals surface area contributed by atoms with Crippen molar-refractivity contribution in [3.63, 3.8) is 0 Å². The molecule has 0 saturated carbocycles. The van der Waals surface area contributed by atoms with Gasteiger partial charge >= 0.3 is 5.97 Å². The van der Waals surface area contributed by atoms with Crippen LogP contribution in [0.2, 0.25) is 0 Å². The highest BCUT2D eigenvalue weighted by molar-refractivity contribution is 7.17. The van der Waals surface area contributed by atoms with E-state index in [0.29, 0.717) is 5.56 Å². The fourth-order valence-electron chi connectivity index (χ4n) is 2.28. The summed E-state index contributed by atoms with van der Waals surface area (Å²) in [5.41, 5.74) is -0.385. The zero-order valence-electron chi connectivity index (χ0n) is 11.9. The number of hydrogen-bond donors (Lipinski definition) is 2. The van der Waals surface area contributed by atoms with E-state index in [1.807, 2.05) is 24.3 Å². The zero-order chi connectivity index (χ0) is 15.5. The molecule has 2 rings (SSSR count). The number of aliphatic carboxylic acids is 1. The van der Waals surface area contributed by atoms with E-state index in [2.05, 4.69) is 5.32 Å². The molecule has 1 atom stereocenters. The smallest absolute Gasteiger partial charge is 0.305 e. The molecule has 0 bridgehead atoms. The molecule has 1 heterocycles. The molecule has 0 fully saturated rings. The Kier molecular flexibility index (Phi) is 4.59. The van der Waals surface area contributed by atoms with Crippen LogP contribution >= 0.6 is 11.3 Å². The standard InChI is InChI=1S/C15H17NO4S/c1-15(9-20-2,7-13(17)18)16-14(19)11-8-21-12-6-4-3-5-10(11)12/h3-6,8H,7,9H2,1-2H3,(H,16,19)(H,17,18). The highest BCUT2D eigenvalue weighted by Gasteiger charge is 2.30. The molecule has 0 radical (unpaired) electrons. The summed E-state index contributed by atoms with van der Waals surface area (Å²) in [6.45, 7) is 1.80. The van der Waals surface area contributed by atoms with Gasteiger partial charge in [-0.05, 0) is 13.0 Å². The van der Waals surface area contributed by atoms with Crippen molar-refractivity contribution in [2.45, 2.75) is 18.9 Å². The number of fused-ring (bicyclic) bond motifs is 1. The van der Waals surface area contributed by atoms with Gasteiger partial charge in [-0.2, -0.15) is 0 Å². The molecule has 0 spiro atoms. The van der Waals surface area contributed by atoms with Gasteiger partial charge in [0.1, 0.15) is 0 Å². The van der Waals surface area contributed by atoms with Gasteiger partial charge in [0, 0.05) is 22.6 Å². The first-order chi connectivity index (χ1) is 9.95. The minimum atomic E-state index is -0.981. The molecular formula is C15H17NO4S. The number of rotatable bonds is 6. The van der Waals surface area contributed by atoms with Crippen LogP contribution in [-0.4, -0.2) is 36.2 Å². The summed E-state index contributed by atoms with van der Waals surface area (Å²) in [5.74, 6) is -1.27. The molecular weight excluding hydrogens is 290 g/mol. The van der Waals surface area contributed by atoms with E-state index in [1.165, 1.54) is 18.4 Å². The fourth-order valence-corrected chi connectivity index (χ4v) is 3.22. The molecule has 2 N–H and O–H groups in total. The maximum absolute atomic E-state index is 12.4. The summed E-state index contributed by atoms with van der Waals surface area (Å²) in [7, 11) is 1.48. The summed E-state index contributed by atoms with van der Waals surface area (Å²) in [5, 5.41) is 14.4. The average molecular weight is 307 g/mol. The largest absolute Gasteiger partial charge is 0.481 e. The van der Waals surface area contributed by atoms with Crippen LogP contribution in [0, 0.1) is 0 Å². The zero-order valence-corrected chi connectivity index (χ0v) is 12.7. The maximum Gasteiger partial charge on any atom is 0.305 e. The minimum absolute atomic E-state index is 0.132. The van der Waals surface area contributed by atoms with Crippen LogP contribution in [0.5, 0.6) is 0 Å². The van der Waals surface area contributed by atoms with E-state index < -0.39 is 11.5 Å². The number of nitrogens with one attached hydrogen (secondary N) is 1. The van der Waals surface area contributed by atoms with Crippen LogP contribution in [0.1, 0.15) is 23.7 Å². The number of carboxylic acids is 1. The molecule has 0 saturated heterocycles. The third kappa shape index (κ3) is 3.59. The normalized spacial score (nSPS) is 13.8. The van der Waals surface area contributed by atoms with Crippen LogP contribution < -0.4 is 5.32 Å². The molecule has 112 valence electrons. The Morgan fingerprint density at radius 1 is 1.38 bits per heavy atom. The van der Waals surface area contributed by atoms with Crippen molar-refractivity contribution in [2.24, 2.45) is 0 Å². The van der Waals surface area contributed by atoms with E-state index in [-0.39, 0.29) is 18.9 Å². The molecule has 5 nitrogen and oxygen atoms in total. The number of hydrogen-bond acceptors (Lipinski definition) is 4. The third-order valence-electron chi connectivity index (χ3n) is 3.15. The topological polar surface area (TPSA) is 75.6 Å². The Balaban J connectivity index is 2.24. The first kappa shape index (κ1) is 15.5. The molecule has 0 aliphatic carbocycles. The Hall–Kier alpha value is -1.92. The second-order valence-corrected chi connectivity index (χ2v) is 6.08. The van der Waals surface area contributed by atoms with Gasteiger partial charge in [0.25, 0.3) is 5.91 Å². The van der Waals surface area contributed by atoms with Gasteiger partial charge in [-0.3, -0.25) is 9.59 Å². The molecule has 1 amide bonds. The predicted molar refractivity (Wildman–Crippen MR) is 81.8 cm³/mol. The van der Waals surface area contributed by atoms with Crippen molar-refractivity contribution >= 4 is 33.3 Å². The van der Waals surface area contributed by atoms with Crippen LogP contribution in [-0.2, 0) is 9.53 Å². The lowest BCUT2D eigenvalue weighted by atomic mass is 9.98. The van der Waals surface area contributed by atoms with E-state index in [0.717, 1.165) is 10.1 Å². The van der Waals surface area contributed by atoms with Crippen molar-refractivity contribution in [3.05, 3.63) is 35.2 Å². The fraction of sp³-hybridized carbons (Fsp3) is 0.333. The summed E-state index contributed by atoms with van der Waals surface area (Å²) in [6, 6.07) is 7.62. The summed E-state index contributed by atoms with van der Waals surface area (Å²) < 4.78 is 6.06. The molecule has 2 aromatic rings.